The minimum atomic E-state index is -0.125. The molecule has 176 valence electrons. The molecule has 0 spiro atoms. The number of ether oxygens (including phenoxy) is 2. The molecule has 4 aromatic rings. The first kappa shape index (κ1) is 23.6. The topological polar surface area (TPSA) is 78.3 Å². The van der Waals surface area contributed by atoms with Gasteiger partial charge in [0.2, 0.25) is 11.8 Å². The van der Waals surface area contributed by atoms with E-state index in [1.807, 2.05) is 55.8 Å². The highest BCUT2D eigenvalue weighted by Gasteiger charge is 2.20. The van der Waals surface area contributed by atoms with Crippen molar-refractivity contribution in [3.8, 4) is 17.3 Å². The summed E-state index contributed by atoms with van der Waals surface area (Å²) >= 11 is 6.17. The number of carbonyl (C=O) groups excluding carboxylic acids is 1. The van der Waals surface area contributed by atoms with Gasteiger partial charge in [-0.05, 0) is 63.1 Å². The maximum absolute atomic E-state index is 12.7. The fourth-order valence-corrected chi connectivity index (χ4v) is 4.30. The Morgan fingerprint density at radius 2 is 1.91 bits per heavy atom. The smallest absolute Gasteiger partial charge is 0.224 e. The summed E-state index contributed by atoms with van der Waals surface area (Å²) in [7, 11) is 1.55. The molecule has 0 aliphatic heterocycles. The molecule has 8 heteroatoms. The number of fused-ring (bicyclic) bond motifs is 1. The minimum Gasteiger partial charge on any atom is -0.495 e. The predicted octanol–water partition coefficient (Wildman–Crippen LogP) is 5.67. The molecule has 2 heterocycles. The van der Waals surface area contributed by atoms with E-state index in [-0.39, 0.29) is 12.3 Å². The number of anilines is 1. The number of hydrogen-bond acceptors (Lipinski definition) is 5. The maximum Gasteiger partial charge on any atom is 0.224 e. The minimum absolute atomic E-state index is 0.125. The van der Waals surface area contributed by atoms with Crippen LogP contribution in [0.25, 0.3) is 16.7 Å². The Morgan fingerprint density at radius 1 is 1.15 bits per heavy atom. The van der Waals surface area contributed by atoms with Crippen LogP contribution in [0.1, 0.15) is 30.2 Å². The van der Waals surface area contributed by atoms with Gasteiger partial charge in [0, 0.05) is 23.1 Å². The van der Waals surface area contributed by atoms with Crippen LogP contribution in [0, 0.1) is 13.8 Å². The van der Waals surface area contributed by atoms with Gasteiger partial charge in [0.1, 0.15) is 5.75 Å². The molecule has 34 heavy (non-hydrogen) atoms. The van der Waals surface area contributed by atoms with Crippen LogP contribution in [-0.2, 0) is 11.2 Å². The number of amides is 1. The zero-order valence-electron chi connectivity index (χ0n) is 19.7. The summed E-state index contributed by atoms with van der Waals surface area (Å²) in [6, 6.07) is 15.0. The van der Waals surface area contributed by atoms with Crippen LogP contribution >= 0.6 is 11.6 Å². The Kier molecular flexibility index (Phi) is 7.03. The van der Waals surface area contributed by atoms with Crippen LogP contribution < -0.4 is 14.8 Å². The number of aromatic nitrogens is 3. The summed E-state index contributed by atoms with van der Waals surface area (Å²) in [5.41, 5.74) is 5.10. The zero-order valence-corrected chi connectivity index (χ0v) is 20.4. The Bertz CT molecular complexity index is 1340. The Balaban J connectivity index is 1.62. The SMILES string of the molecule is CCOc1nc2c(c(C)nn2-c2ccccc2)c(C)c1CCC(=O)Nc1ccc(OC)c(Cl)c1. The van der Waals surface area contributed by atoms with Crippen molar-refractivity contribution in [2.75, 3.05) is 19.0 Å². The van der Waals surface area contributed by atoms with Gasteiger partial charge in [-0.2, -0.15) is 10.1 Å². The van der Waals surface area contributed by atoms with Crippen LogP contribution in [0.5, 0.6) is 11.6 Å². The number of nitrogens with one attached hydrogen (secondary N) is 1. The molecule has 0 aliphatic carbocycles. The van der Waals surface area contributed by atoms with Crippen LogP contribution in [0.2, 0.25) is 5.02 Å². The molecule has 0 bridgehead atoms. The average Bonchev–Trinajstić information content (AvgIpc) is 3.16. The molecule has 2 aromatic heterocycles. The number of halogens is 1. The second-order valence-corrected chi connectivity index (χ2v) is 8.29. The second-order valence-electron chi connectivity index (χ2n) is 7.88. The van der Waals surface area contributed by atoms with E-state index in [1.165, 1.54) is 0 Å². The third-order valence-electron chi connectivity index (χ3n) is 5.65. The molecule has 0 saturated carbocycles. The Labute approximate surface area is 203 Å². The highest BCUT2D eigenvalue weighted by atomic mass is 35.5. The molecule has 4 rings (SSSR count). The molecule has 0 saturated heterocycles. The van der Waals surface area contributed by atoms with Crippen molar-refractivity contribution < 1.29 is 14.3 Å². The van der Waals surface area contributed by atoms with E-state index in [0.717, 1.165) is 33.5 Å². The number of benzene rings is 2. The van der Waals surface area contributed by atoms with E-state index in [1.54, 1.807) is 25.3 Å². The predicted molar refractivity (Wildman–Crippen MR) is 134 cm³/mol. The van der Waals surface area contributed by atoms with Gasteiger partial charge >= 0.3 is 0 Å². The molecule has 0 unspecified atom stereocenters. The van der Waals surface area contributed by atoms with Crippen molar-refractivity contribution in [3.05, 3.63) is 70.4 Å². The fraction of sp³-hybridized carbons (Fsp3) is 0.269. The number of hydrogen-bond donors (Lipinski definition) is 1. The molecule has 0 atom stereocenters. The first-order chi connectivity index (χ1) is 16.4. The van der Waals surface area contributed by atoms with Gasteiger partial charge in [0.15, 0.2) is 5.65 Å². The number of rotatable bonds is 8. The first-order valence-corrected chi connectivity index (χ1v) is 11.5. The zero-order chi connectivity index (χ0) is 24.2. The highest BCUT2D eigenvalue weighted by Crippen LogP contribution is 2.32. The summed E-state index contributed by atoms with van der Waals surface area (Å²) in [4.78, 5) is 17.5. The Morgan fingerprint density at radius 3 is 2.59 bits per heavy atom. The molecule has 0 aliphatic rings. The first-order valence-electron chi connectivity index (χ1n) is 11.1. The standard InChI is InChI=1S/C26H27ClN4O3/c1-5-34-26-20(12-14-23(32)28-18-11-13-22(33-4)21(27)15-18)16(2)24-17(3)30-31(25(24)29-26)19-9-7-6-8-10-19/h6-11,13,15H,5,12,14H2,1-4H3,(H,28,32). The van der Waals surface area contributed by atoms with E-state index in [2.05, 4.69) is 5.32 Å². The molecule has 7 nitrogen and oxygen atoms in total. The van der Waals surface area contributed by atoms with E-state index < -0.39 is 0 Å². The monoisotopic (exact) mass is 478 g/mol. The van der Waals surface area contributed by atoms with Gasteiger partial charge in [-0.25, -0.2) is 4.68 Å². The van der Waals surface area contributed by atoms with Crippen molar-refractivity contribution in [2.45, 2.75) is 33.6 Å². The van der Waals surface area contributed by atoms with Crippen molar-refractivity contribution in [2.24, 2.45) is 0 Å². The van der Waals surface area contributed by atoms with Crippen LogP contribution in [-0.4, -0.2) is 34.4 Å². The molecule has 0 radical (unpaired) electrons. The maximum atomic E-state index is 12.7. The molecular formula is C26H27ClN4O3. The summed E-state index contributed by atoms with van der Waals surface area (Å²) < 4.78 is 12.9. The van der Waals surface area contributed by atoms with Gasteiger partial charge in [0.25, 0.3) is 0 Å². The molecule has 1 N–H and O–H groups in total. The number of para-hydroxylation sites is 1. The third kappa shape index (κ3) is 4.70. The van der Waals surface area contributed by atoms with Crippen LogP contribution in [0.15, 0.2) is 48.5 Å². The molecule has 2 aromatic carbocycles. The summed E-state index contributed by atoms with van der Waals surface area (Å²) in [5, 5.41) is 9.04. The number of aryl methyl sites for hydroxylation is 2. The summed E-state index contributed by atoms with van der Waals surface area (Å²) in [6.45, 7) is 6.40. The van der Waals surface area contributed by atoms with E-state index in [0.29, 0.717) is 35.4 Å². The van der Waals surface area contributed by atoms with Crippen LogP contribution in [0.4, 0.5) is 5.69 Å². The number of pyridine rings is 1. The molecule has 0 fully saturated rings. The lowest BCUT2D eigenvalue weighted by molar-refractivity contribution is -0.116. The van der Waals surface area contributed by atoms with Crippen molar-refractivity contribution in [1.29, 1.82) is 0 Å². The number of nitrogens with zero attached hydrogens (tertiary/aromatic N) is 3. The average molecular weight is 479 g/mol. The lowest BCUT2D eigenvalue weighted by Crippen LogP contribution is -2.13. The quantitative estimate of drug-likeness (QED) is 0.353. The third-order valence-corrected chi connectivity index (χ3v) is 5.94. The largest absolute Gasteiger partial charge is 0.495 e. The van der Waals surface area contributed by atoms with E-state index in [9.17, 15) is 4.79 Å². The number of carbonyl (C=O) groups is 1. The molecular weight excluding hydrogens is 452 g/mol. The lowest BCUT2D eigenvalue weighted by Gasteiger charge is -2.14. The van der Waals surface area contributed by atoms with Gasteiger partial charge in [-0.1, -0.05) is 29.8 Å². The van der Waals surface area contributed by atoms with Gasteiger partial charge < -0.3 is 14.8 Å². The summed E-state index contributed by atoms with van der Waals surface area (Å²) in [6.07, 6.45) is 0.749. The summed E-state index contributed by atoms with van der Waals surface area (Å²) in [5.74, 6) is 0.965. The van der Waals surface area contributed by atoms with E-state index >= 15 is 0 Å². The molecule has 1 amide bonds. The van der Waals surface area contributed by atoms with Crippen molar-refractivity contribution in [1.82, 2.24) is 14.8 Å². The van der Waals surface area contributed by atoms with Gasteiger partial charge in [0.05, 0.1) is 30.1 Å². The van der Waals surface area contributed by atoms with Crippen LogP contribution in [0.3, 0.4) is 0 Å². The van der Waals surface area contributed by atoms with Gasteiger partial charge in [-0.3, -0.25) is 4.79 Å². The fourth-order valence-electron chi connectivity index (χ4n) is 4.04. The highest BCUT2D eigenvalue weighted by molar-refractivity contribution is 6.32. The normalized spacial score (nSPS) is 11.0. The van der Waals surface area contributed by atoms with Crippen molar-refractivity contribution >= 4 is 34.2 Å². The number of methoxy groups -OCH3 is 1. The van der Waals surface area contributed by atoms with Gasteiger partial charge in [-0.15, -0.1) is 0 Å². The van der Waals surface area contributed by atoms with Crippen molar-refractivity contribution in [3.63, 3.8) is 0 Å². The second kappa shape index (κ2) is 10.1. The lowest BCUT2D eigenvalue weighted by atomic mass is 10.0. The Hall–Kier alpha value is -3.58. The van der Waals surface area contributed by atoms with E-state index in [4.69, 9.17) is 31.2 Å².